The summed E-state index contributed by atoms with van der Waals surface area (Å²) in [6.07, 6.45) is 8.10. The van der Waals surface area contributed by atoms with Crippen molar-refractivity contribution in [3.63, 3.8) is 0 Å². The zero-order chi connectivity index (χ0) is 14.1. The van der Waals surface area contributed by atoms with Gasteiger partial charge in [0.15, 0.2) is 0 Å². The van der Waals surface area contributed by atoms with E-state index in [1.165, 1.54) is 37.7 Å². The molecule has 0 heterocycles. The normalized spacial score (nSPS) is 29.9. The average Bonchev–Trinajstić information content (AvgIpc) is 3.04. The Bertz CT molecular complexity index is 476. The molecule has 3 heteroatoms. The number of hydrogen-bond donors (Lipinski definition) is 1. The third-order valence-electron chi connectivity index (χ3n) is 5.35. The summed E-state index contributed by atoms with van der Waals surface area (Å²) in [5, 5.41) is 3.46. The quantitative estimate of drug-likeness (QED) is 0.829. The van der Waals surface area contributed by atoms with Gasteiger partial charge in [-0.25, -0.2) is 4.39 Å². The molecule has 0 aliphatic heterocycles. The van der Waals surface area contributed by atoms with Crippen LogP contribution in [0.3, 0.4) is 0 Å². The fraction of sp³-hybridized carbons (Fsp3) is 0.647. The number of benzene rings is 1. The summed E-state index contributed by atoms with van der Waals surface area (Å²) in [5.41, 5.74) is 1.21. The summed E-state index contributed by atoms with van der Waals surface area (Å²) in [7, 11) is 2.05. The van der Waals surface area contributed by atoms with E-state index in [9.17, 15) is 4.39 Å². The molecule has 0 amide bonds. The monoisotopic (exact) mass is 339 g/mol. The number of likely N-dealkylation sites (N-methyl/N-ethyl adjacent to an activating group) is 1. The first-order chi connectivity index (χ1) is 9.65. The predicted octanol–water partition coefficient (Wildman–Crippen LogP) is 4.55. The molecule has 2 aliphatic carbocycles. The zero-order valence-electron chi connectivity index (χ0n) is 12.0. The fourth-order valence-electron chi connectivity index (χ4n) is 4.28. The Balaban J connectivity index is 1.60. The lowest BCUT2D eigenvalue weighted by atomic mass is 9.83. The number of fused-ring (bicyclic) bond motifs is 2. The van der Waals surface area contributed by atoms with Crippen LogP contribution in [0.25, 0.3) is 0 Å². The summed E-state index contributed by atoms with van der Waals surface area (Å²) in [4.78, 5) is 0. The van der Waals surface area contributed by atoms with Gasteiger partial charge in [-0.1, -0.05) is 12.5 Å². The summed E-state index contributed by atoms with van der Waals surface area (Å²) < 4.78 is 13.9. The highest BCUT2D eigenvalue weighted by Gasteiger charge is 2.39. The highest BCUT2D eigenvalue weighted by atomic mass is 79.9. The topological polar surface area (TPSA) is 12.0 Å². The van der Waals surface area contributed by atoms with Gasteiger partial charge >= 0.3 is 0 Å². The minimum Gasteiger partial charge on any atom is -0.317 e. The highest BCUT2D eigenvalue weighted by Crippen LogP contribution is 2.49. The van der Waals surface area contributed by atoms with Crippen LogP contribution in [0.5, 0.6) is 0 Å². The minimum absolute atomic E-state index is 0.178. The lowest BCUT2D eigenvalue weighted by Gasteiger charge is -2.26. The van der Waals surface area contributed by atoms with E-state index in [1.807, 2.05) is 12.1 Å². The molecule has 1 aromatic carbocycles. The smallest absolute Gasteiger partial charge is 0.137 e. The van der Waals surface area contributed by atoms with Crippen molar-refractivity contribution in [2.45, 2.75) is 44.6 Å². The number of rotatable bonds is 5. The SMILES string of the molecule is CNC(Cc1ccc(F)c(Br)c1)CC1CC2CCC1C2. The van der Waals surface area contributed by atoms with Crippen molar-refractivity contribution in [1.82, 2.24) is 5.32 Å². The van der Waals surface area contributed by atoms with Crippen molar-refractivity contribution in [2.75, 3.05) is 7.05 Å². The molecule has 2 aliphatic rings. The van der Waals surface area contributed by atoms with Crippen LogP contribution in [-0.4, -0.2) is 13.1 Å². The molecule has 1 aromatic rings. The average molecular weight is 340 g/mol. The van der Waals surface area contributed by atoms with Gasteiger partial charge in [0.2, 0.25) is 0 Å². The van der Waals surface area contributed by atoms with Gasteiger partial charge in [0.25, 0.3) is 0 Å². The van der Waals surface area contributed by atoms with Gasteiger partial charge in [-0.05, 0) is 90.5 Å². The van der Waals surface area contributed by atoms with Crippen molar-refractivity contribution in [3.05, 3.63) is 34.1 Å². The molecule has 3 rings (SSSR count). The molecular formula is C17H23BrFN. The van der Waals surface area contributed by atoms with Gasteiger partial charge in [-0.3, -0.25) is 0 Å². The molecule has 4 unspecified atom stereocenters. The van der Waals surface area contributed by atoms with Gasteiger partial charge in [0.1, 0.15) is 5.82 Å². The Morgan fingerprint density at radius 1 is 1.35 bits per heavy atom. The molecule has 0 spiro atoms. The van der Waals surface area contributed by atoms with Crippen molar-refractivity contribution in [2.24, 2.45) is 17.8 Å². The van der Waals surface area contributed by atoms with Gasteiger partial charge in [-0.2, -0.15) is 0 Å². The lowest BCUT2D eigenvalue weighted by molar-refractivity contribution is 0.281. The molecule has 110 valence electrons. The summed E-state index contributed by atoms with van der Waals surface area (Å²) in [5.74, 6) is 2.73. The van der Waals surface area contributed by atoms with Crippen LogP contribution in [0.4, 0.5) is 4.39 Å². The first-order valence-electron chi connectivity index (χ1n) is 7.77. The van der Waals surface area contributed by atoms with Gasteiger partial charge in [0, 0.05) is 6.04 Å². The molecule has 1 nitrogen and oxygen atoms in total. The highest BCUT2D eigenvalue weighted by molar-refractivity contribution is 9.10. The second kappa shape index (κ2) is 6.15. The summed E-state index contributed by atoms with van der Waals surface area (Å²) in [6.45, 7) is 0. The Hall–Kier alpha value is -0.410. The van der Waals surface area contributed by atoms with E-state index in [2.05, 4.69) is 28.3 Å². The predicted molar refractivity (Wildman–Crippen MR) is 84.2 cm³/mol. The molecule has 1 N–H and O–H groups in total. The van der Waals surface area contributed by atoms with Crippen molar-refractivity contribution >= 4 is 15.9 Å². The Labute approximate surface area is 129 Å². The second-order valence-electron chi connectivity index (χ2n) is 6.61. The summed E-state index contributed by atoms with van der Waals surface area (Å²) >= 11 is 3.28. The number of hydrogen-bond acceptors (Lipinski definition) is 1. The van der Waals surface area contributed by atoms with E-state index < -0.39 is 0 Å². The van der Waals surface area contributed by atoms with Crippen LogP contribution in [0.1, 0.15) is 37.7 Å². The molecule has 4 atom stereocenters. The molecular weight excluding hydrogens is 317 g/mol. The maximum absolute atomic E-state index is 13.3. The largest absolute Gasteiger partial charge is 0.317 e. The van der Waals surface area contributed by atoms with Crippen LogP contribution in [-0.2, 0) is 6.42 Å². The lowest BCUT2D eigenvalue weighted by Crippen LogP contribution is -2.31. The van der Waals surface area contributed by atoms with Crippen LogP contribution in [0.2, 0.25) is 0 Å². The van der Waals surface area contributed by atoms with E-state index >= 15 is 0 Å². The third kappa shape index (κ3) is 3.09. The maximum atomic E-state index is 13.3. The van der Waals surface area contributed by atoms with E-state index in [0.29, 0.717) is 10.5 Å². The maximum Gasteiger partial charge on any atom is 0.137 e. The van der Waals surface area contributed by atoms with Crippen LogP contribution in [0.15, 0.2) is 22.7 Å². The Morgan fingerprint density at radius 3 is 2.80 bits per heavy atom. The molecule has 20 heavy (non-hydrogen) atoms. The van der Waals surface area contributed by atoms with E-state index in [4.69, 9.17) is 0 Å². The molecule has 2 fully saturated rings. The standard InChI is InChI=1S/C17H23BrFN/c1-20-15(8-12-3-5-17(19)16(18)9-12)10-14-7-11-2-4-13(14)6-11/h3,5,9,11,13-15,20H,2,4,6-8,10H2,1H3. The van der Waals surface area contributed by atoms with Gasteiger partial charge < -0.3 is 5.32 Å². The zero-order valence-corrected chi connectivity index (χ0v) is 13.6. The Morgan fingerprint density at radius 2 is 2.20 bits per heavy atom. The fourth-order valence-corrected chi connectivity index (χ4v) is 4.71. The molecule has 0 radical (unpaired) electrons. The molecule has 2 saturated carbocycles. The number of nitrogens with one attached hydrogen (secondary N) is 1. The third-order valence-corrected chi connectivity index (χ3v) is 5.95. The van der Waals surface area contributed by atoms with E-state index in [1.54, 1.807) is 6.07 Å². The molecule has 0 saturated heterocycles. The van der Waals surface area contributed by atoms with Crippen LogP contribution >= 0.6 is 15.9 Å². The van der Waals surface area contributed by atoms with Crippen LogP contribution < -0.4 is 5.32 Å². The summed E-state index contributed by atoms with van der Waals surface area (Å²) in [6, 6.07) is 5.90. The van der Waals surface area contributed by atoms with Crippen LogP contribution in [0, 0.1) is 23.6 Å². The Kier molecular flexibility index (Phi) is 4.46. The minimum atomic E-state index is -0.178. The number of halogens is 2. The van der Waals surface area contributed by atoms with E-state index in [0.717, 1.165) is 24.2 Å². The first-order valence-corrected chi connectivity index (χ1v) is 8.56. The molecule has 2 bridgehead atoms. The second-order valence-corrected chi connectivity index (χ2v) is 7.46. The first kappa shape index (κ1) is 14.5. The van der Waals surface area contributed by atoms with Gasteiger partial charge in [0.05, 0.1) is 4.47 Å². The van der Waals surface area contributed by atoms with Gasteiger partial charge in [-0.15, -0.1) is 0 Å². The molecule has 0 aromatic heterocycles. The van der Waals surface area contributed by atoms with Crippen molar-refractivity contribution in [1.29, 1.82) is 0 Å². The van der Waals surface area contributed by atoms with E-state index in [-0.39, 0.29) is 5.82 Å². The van der Waals surface area contributed by atoms with Crippen molar-refractivity contribution < 1.29 is 4.39 Å². The van der Waals surface area contributed by atoms with Crippen molar-refractivity contribution in [3.8, 4) is 0 Å².